The molecule has 1 saturated carbocycles. The van der Waals surface area contributed by atoms with Gasteiger partial charge in [-0.25, -0.2) is 0 Å². The van der Waals surface area contributed by atoms with Gasteiger partial charge in [-0.05, 0) is 42.7 Å². The smallest absolute Gasteiger partial charge is 0.137 e. The molecule has 0 aliphatic heterocycles. The molecule has 0 radical (unpaired) electrons. The molecule has 25 heavy (non-hydrogen) atoms. The van der Waals surface area contributed by atoms with Gasteiger partial charge in [0.2, 0.25) is 0 Å². The van der Waals surface area contributed by atoms with Gasteiger partial charge in [0.15, 0.2) is 0 Å². The largest absolute Gasteiger partial charge is 0.491 e. The normalized spacial score (nSPS) is 25.9. The van der Waals surface area contributed by atoms with Crippen LogP contribution in [0.3, 0.4) is 0 Å². The number of ether oxygens (including phenoxy) is 1. The quantitative estimate of drug-likeness (QED) is 0.705. The molecule has 0 bridgehead atoms. The number of halogens is 1. The Bertz CT molecular complexity index is 673. The van der Waals surface area contributed by atoms with Gasteiger partial charge in [0, 0.05) is 29.7 Å². The third-order valence-corrected chi connectivity index (χ3v) is 4.86. The minimum absolute atomic E-state index is 0.326. The first-order chi connectivity index (χ1) is 12.1. The molecule has 0 spiro atoms. The van der Waals surface area contributed by atoms with Gasteiger partial charge in [-0.3, -0.25) is 4.98 Å². The average molecular weight is 363 g/mol. The van der Waals surface area contributed by atoms with Gasteiger partial charge in [-0.15, -0.1) is 0 Å². The van der Waals surface area contributed by atoms with Crippen LogP contribution in [0.1, 0.15) is 18.4 Å². The van der Waals surface area contributed by atoms with E-state index >= 15 is 0 Å². The molecule has 0 amide bonds. The van der Waals surface area contributed by atoms with E-state index in [2.05, 4.69) is 10.3 Å². The fraction of sp³-hybridized carbons (Fsp3) is 0.421. The molecular formula is C19H23ClN2O3. The van der Waals surface area contributed by atoms with Crippen molar-refractivity contribution in [2.24, 2.45) is 5.41 Å². The number of rotatable bonds is 7. The molecular weight excluding hydrogens is 340 g/mol. The Hall–Kier alpha value is -1.66. The van der Waals surface area contributed by atoms with Crippen molar-refractivity contribution >= 4 is 11.6 Å². The summed E-state index contributed by atoms with van der Waals surface area (Å²) in [4.78, 5) is 4.04. The van der Waals surface area contributed by atoms with Gasteiger partial charge in [0.05, 0.1) is 25.0 Å². The third kappa shape index (κ3) is 4.92. The summed E-state index contributed by atoms with van der Waals surface area (Å²) < 4.78 is 5.87. The van der Waals surface area contributed by atoms with Crippen molar-refractivity contribution in [2.45, 2.75) is 31.6 Å². The van der Waals surface area contributed by atoms with Crippen LogP contribution in [0, 0.1) is 5.41 Å². The lowest BCUT2D eigenvalue weighted by Crippen LogP contribution is -2.38. The van der Waals surface area contributed by atoms with Crippen LogP contribution in [0.4, 0.5) is 0 Å². The maximum absolute atomic E-state index is 10.0. The fourth-order valence-electron chi connectivity index (χ4n) is 3.34. The summed E-state index contributed by atoms with van der Waals surface area (Å²) in [6, 6.07) is 11.4. The number of aliphatic hydroxyl groups is 2. The predicted molar refractivity (Wildman–Crippen MR) is 96.6 cm³/mol. The molecule has 1 heterocycles. The summed E-state index contributed by atoms with van der Waals surface area (Å²) in [6.45, 7) is 1.71. The number of hydrogen-bond acceptors (Lipinski definition) is 5. The van der Waals surface area contributed by atoms with E-state index in [0.29, 0.717) is 43.3 Å². The summed E-state index contributed by atoms with van der Waals surface area (Å²) in [5, 5.41) is 24.2. The van der Waals surface area contributed by atoms with E-state index in [0.717, 1.165) is 5.56 Å². The van der Waals surface area contributed by atoms with E-state index in [9.17, 15) is 10.2 Å². The van der Waals surface area contributed by atoms with E-state index < -0.39 is 12.2 Å². The van der Waals surface area contributed by atoms with Crippen molar-refractivity contribution in [3.63, 3.8) is 0 Å². The van der Waals surface area contributed by atoms with Crippen LogP contribution in [0.2, 0.25) is 5.02 Å². The predicted octanol–water partition coefficient (Wildman–Crippen LogP) is 2.41. The molecule has 1 unspecified atom stereocenters. The highest BCUT2D eigenvalue weighted by atomic mass is 35.5. The second kappa shape index (κ2) is 8.15. The van der Waals surface area contributed by atoms with Crippen LogP contribution in [-0.2, 0) is 6.54 Å². The van der Waals surface area contributed by atoms with E-state index in [4.69, 9.17) is 16.3 Å². The number of nitrogens with zero attached hydrogens (tertiary/aromatic N) is 1. The van der Waals surface area contributed by atoms with Crippen molar-refractivity contribution in [3.05, 3.63) is 59.4 Å². The molecule has 0 saturated heterocycles. The summed E-state index contributed by atoms with van der Waals surface area (Å²) in [7, 11) is 0. The van der Waals surface area contributed by atoms with Gasteiger partial charge in [-0.2, -0.15) is 0 Å². The number of aromatic nitrogens is 1. The Balaban J connectivity index is 1.61. The van der Waals surface area contributed by atoms with Gasteiger partial charge >= 0.3 is 0 Å². The van der Waals surface area contributed by atoms with Crippen LogP contribution in [0.5, 0.6) is 5.75 Å². The number of hydrogen-bond donors (Lipinski definition) is 3. The van der Waals surface area contributed by atoms with Crippen molar-refractivity contribution < 1.29 is 14.9 Å². The second-order valence-electron chi connectivity index (χ2n) is 6.75. The van der Waals surface area contributed by atoms with Gasteiger partial charge < -0.3 is 20.3 Å². The molecule has 2 aromatic rings. The molecule has 3 atom stereocenters. The maximum atomic E-state index is 10.0. The van der Waals surface area contributed by atoms with Crippen LogP contribution >= 0.6 is 11.6 Å². The van der Waals surface area contributed by atoms with Gasteiger partial charge in [0.25, 0.3) is 0 Å². The molecule has 5 nitrogen and oxygen atoms in total. The first-order valence-corrected chi connectivity index (χ1v) is 8.78. The molecule has 1 aliphatic rings. The number of pyridine rings is 1. The van der Waals surface area contributed by atoms with Crippen LogP contribution in [0.25, 0.3) is 0 Å². The number of benzene rings is 1. The summed E-state index contributed by atoms with van der Waals surface area (Å²) in [5.41, 5.74) is 0.766. The van der Waals surface area contributed by atoms with Gasteiger partial charge in [0.1, 0.15) is 5.75 Å². The SMILES string of the molecule is O[C@@H]1CC(CNCc2cccc(Cl)c2)(COc2cccnc2)C[C@@H]1O. The lowest BCUT2D eigenvalue weighted by Gasteiger charge is -2.29. The fourth-order valence-corrected chi connectivity index (χ4v) is 3.56. The maximum Gasteiger partial charge on any atom is 0.137 e. The minimum atomic E-state index is -0.717. The molecule has 1 aromatic heterocycles. The zero-order valence-corrected chi connectivity index (χ0v) is 14.7. The molecule has 3 N–H and O–H groups in total. The summed E-state index contributed by atoms with van der Waals surface area (Å²) in [5.74, 6) is 0.688. The Morgan fingerprint density at radius 2 is 2.00 bits per heavy atom. The highest BCUT2D eigenvalue weighted by molar-refractivity contribution is 6.30. The molecule has 3 rings (SSSR count). The topological polar surface area (TPSA) is 74.6 Å². The van der Waals surface area contributed by atoms with Crippen molar-refractivity contribution in [2.75, 3.05) is 13.2 Å². The molecule has 134 valence electrons. The number of aliphatic hydroxyl groups excluding tert-OH is 2. The minimum Gasteiger partial charge on any atom is -0.491 e. The molecule has 6 heteroatoms. The number of nitrogens with one attached hydrogen (secondary N) is 1. The lowest BCUT2D eigenvalue weighted by molar-refractivity contribution is 0.0438. The Labute approximate surface area is 152 Å². The Kier molecular flexibility index (Phi) is 5.91. The summed E-state index contributed by atoms with van der Waals surface area (Å²) in [6.07, 6.45) is 2.91. The Morgan fingerprint density at radius 1 is 1.20 bits per heavy atom. The first-order valence-electron chi connectivity index (χ1n) is 8.40. The van der Waals surface area contributed by atoms with E-state index in [1.807, 2.05) is 36.4 Å². The van der Waals surface area contributed by atoms with Crippen LogP contribution in [-0.4, -0.2) is 40.6 Å². The highest BCUT2D eigenvalue weighted by Gasteiger charge is 2.44. The van der Waals surface area contributed by atoms with Crippen LogP contribution in [0.15, 0.2) is 48.8 Å². The first kappa shape index (κ1) is 18.1. The average Bonchev–Trinajstić information content (AvgIpc) is 2.89. The lowest BCUT2D eigenvalue weighted by atomic mass is 9.86. The van der Waals surface area contributed by atoms with E-state index in [-0.39, 0.29) is 5.41 Å². The third-order valence-electron chi connectivity index (χ3n) is 4.63. The van der Waals surface area contributed by atoms with Crippen molar-refractivity contribution in [1.29, 1.82) is 0 Å². The monoisotopic (exact) mass is 362 g/mol. The van der Waals surface area contributed by atoms with Gasteiger partial charge in [-0.1, -0.05) is 23.7 Å². The molecule has 1 aliphatic carbocycles. The van der Waals surface area contributed by atoms with E-state index in [1.165, 1.54) is 0 Å². The zero-order chi connectivity index (χ0) is 17.7. The molecule has 1 fully saturated rings. The summed E-state index contributed by atoms with van der Waals surface area (Å²) >= 11 is 6.01. The second-order valence-corrected chi connectivity index (χ2v) is 7.19. The standard InChI is InChI=1S/C19H23ClN2O3/c20-15-4-1-3-14(7-15)10-22-12-19(8-17(23)18(24)9-19)13-25-16-5-2-6-21-11-16/h1-7,11,17-18,22-24H,8-10,12-13H2/t17-,18+,19?. The van der Waals surface area contributed by atoms with Crippen molar-refractivity contribution in [3.8, 4) is 5.75 Å². The molecule has 1 aromatic carbocycles. The highest BCUT2D eigenvalue weighted by Crippen LogP contribution is 2.38. The zero-order valence-electron chi connectivity index (χ0n) is 13.9. The van der Waals surface area contributed by atoms with Crippen molar-refractivity contribution in [1.82, 2.24) is 10.3 Å². The van der Waals surface area contributed by atoms with E-state index in [1.54, 1.807) is 12.4 Å². The van der Waals surface area contributed by atoms with Crippen LogP contribution < -0.4 is 10.1 Å². The Morgan fingerprint density at radius 3 is 2.68 bits per heavy atom.